The van der Waals surface area contributed by atoms with Crippen LogP contribution in [0.5, 0.6) is 0 Å². The topological polar surface area (TPSA) is 61.4 Å². The number of hydrogen-bond acceptors (Lipinski definition) is 2. The fourth-order valence-electron chi connectivity index (χ4n) is 2.85. The molecule has 3 amide bonds. The van der Waals surface area contributed by atoms with Crippen LogP contribution >= 0.6 is 0 Å². The Kier molecular flexibility index (Phi) is 4.38. The zero-order valence-corrected chi connectivity index (χ0v) is 12.9. The molecular weight excluding hydrogens is 323 g/mol. The highest BCUT2D eigenvalue weighted by Gasteiger charge is 2.37. The minimum Gasteiger partial charge on any atom is -0.353 e. The number of nitrogens with zero attached hydrogens (tertiary/aromatic N) is 1. The molecule has 0 radical (unpaired) electrons. The van der Waals surface area contributed by atoms with Crippen LogP contribution < -0.4 is 10.6 Å². The maximum atomic E-state index is 12.9. The van der Waals surface area contributed by atoms with Crippen molar-refractivity contribution in [2.45, 2.75) is 25.1 Å². The second-order valence-electron chi connectivity index (χ2n) is 6.16. The fourth-order valence-corrected chi connectivity index (χ4v) is 2.85. The van der Waals surface area contributed by atoms with Crippen LogP contribution in [-0.2, 0) is 11.0 Å². The zero-order valence-electron chi connectivity index (χ0n) is 12.9. The third kappa shape index (κ3) is 3.80. The van der Waals surface area contributed by atoms with E-state index < -0.39 is 23.8 Å². The van der Waals surface area contributed by atoms with Gasteiger partial charge in [0, 0.05) is 13.1 Å². The van der Waals surface area contributed by atoms with E-state index in [-0.39, 0.29) is 18.4 Å². The lowest BCUT2D eigenvalue weighted by molar-refractivity contribution is -0.137. The Morgan fingerprint density at radius 1 is 1.33 bits per heavy atom. The first-order valence-electron chi connectivity index (χ1n) is 7.84. The Hall–Kier alpha value is -2.25. The van der Waals surface area contributed by atoms with Crippen molar-refractivity contribution in [3.05, 3.63) is 35.4 Å². The summed E-state index contributed by atoms with van der Waals surface area (Å²) in [5, 5.41) is 5.43. The second kappa shape index (κ2) is 6.33. The molecule has 8 heteroatoms. The molecule has 2 aliphatic rings. The summed E-state index contributed by atoms with van der Waals surface area (Å²) in [4.78, 5) is 25.1. The first kappa shape index (κ1) is 16.6. The first-order chi connectivity index (χ1) is 11.3. The Morgan fingerprint density at radius 3 is 2.71 bits per heavy atom. The van der Waals surface area contributed by atoms with Gasteiger partial charge in [-0.3, -0.25) is 4.79 Å². The predicted octanol–water partition coefficient (Wildman–Crippen LogP) is 2.30. The summed E-state index contributed by atoms with van der Waals surface area (Å²) in [6.45, 7) is 0.729. The Labute approximate surface area is 137 Å². The van der Waals surface area contributed by atoms with Gasteiger partial charge in [-0.2, -0.15) is 13.2 Å². The number of urea groups is 1. The van der Waals surface area contributed by atoms with Gasteiger partial charge in [-0.25, -0.2) is 4.79 Å². The van der Waals surface area contributed by atoms with Gasteiger partial charge < -0.3 is 15.5 Å². The number of carbonyl (C=O) groups excluding carboxylic acids is 2. The zero-order chi connectivity index (χ0) is 17.3. The van der Waals surface area contributed by atoms with Crippen LogP contribution in [0.25, 0.3) is 0 Å². The van der Waals surface area contributed by atoms with Crippen molar-refractivity contribution >= 4 is 11.9 Å². The Balaban J connectivity index is 1.76. The summed E-state index contributed by atoms with van der Waals surface area (Å²) in [6.07, 6.45) is -2.69. The van der Waals surface area contributed by atoms with Gasteiger partial charge in [-0.05, 0) is 36.5 Å². The molecule has 0 unspecified atom stereocenters. The molecular formula is C16H18F3N3O2. The summed E-state index contributed by atoms with van der Waals surface area (Å²) in [5.41, 5.74) is -0.278. The maximum absolute atomic E-state index is 12.9. The van der Waals surface area contributed by atoms with E-state index >= 15 is 0 Å². The summed E-state index contributed by atoms with van der Waals surface area (Å²) in [6, 6.07) is 4.18. The molecule has 1 saturated carbocycles. The summed E-state index contributed by atoms with van der Waals surface area (Å²) in [5.74, 6) is -0.102. The van der Waals surface area contributed by atoms with Gasteiger partial charge >= 0.3 is 12.2 Å². The average Bonchev–Trinajstić information content (AvgIpc) is 3.36. The predicted molar refractivity (Wildman–Crippen MR) is 80.0 cm³/mol. The fraction of sp³-hybridized carbons (Fsp3) is 0.500. The molecule has 1 heterocycles. The van der Waals surface area contributed by atoms with Crippen LogP contribution in [0.15, 0.2) is 24.3 Å². The van der Waals surface area contributed by atoms with Crippen LogP contribution in [0, 0.1) is 5.92 Å². The molecule has 0 spiro atoms. The third-order valence-electron chi connectivity index (χ3n) is 4.27. The smallest absolute Gasteiger partial charge is 0.353 e. The number of piperazine rings is 1. The average molecular weight is 341 g/mol. The lowest BCUT2D eigenvalue weighted by Gasteiger charge is -2.29. The van der Waals surface area contributed by atoms with Gasteiger partial charge in [0.2, 0.25) is 5.91 Å². The van der Waals surface area contributed by atoms with Crippen molar-refractivity contribution in [3.63, 3.8) is 0 Å². The van der Waals surface area contributed by atoms with Crippen LogP contribution in [0.1, 0.15) is 30.0 Å². The number of benzene rings is 1. The number of nitrogens with one attached hydrogen (secondary N) is 2. The summed E-state index contributed by atoms with van der Waals surface area (Å²) in [7, 11) is 0. The molecule has 3 rings (SSSR count). The van der Waals surface area contributed by atoms with E-state index in [4.69, 9.17) is 0 Å². The van der Waals surface area contributed by atoms with Crippen LogP contribution in [0.3, 0.4) is 0 Å². The first-order valence-corrected chi connectivity index (χ1v) is 7.84. The quantitative estimate of drug-likeness (QED) is 0.886. The van der Waals surface area contributed by atoms with E-state index in [1.807, 2.05) is 0 Å². The number of hydrogen-bond donors (Lipinski definition) is 2. The van der Waals surface area contributed by atoms with E-state index in [0.29, 0.717) is 18.7 Å². The number of rotatable bonds is 3. The molecule has 1 atom stereocenters. The minimum atomic E-state index is -4.42. The molecule has 2 N–H and O–H groups in total. The molecule has 130 valence electrons. The van der Waals surface area contributed by atoms with Crippen molar-refractivity contribution in [2.75, 3.05) is 19.6 Å². The van der Waals surface area contributed by atoms with E-state index in [1.54, 1.807) is 6.07 Å². The molecule has 1 aromatic carbocycles. The Bertz CT molecular complexity index is 644. The minimum absolute atomic E-state index is 0.0359. The van der Waals surface area contributed by atoms with Gasteiger partial charge in [0.1, 0.15) is 6.54 Å². The number of alkyl halides is 3. The highest BCUT2D eigenvalue weighted by atomic mass is 19.4. The second-order valence-corrected chi connectivity index (χ2v) is 6.16. The normalized spacial score (nSPS) is 19.6. The van der Waals surface area contributed by atoms with Crippen LogP contribution in [0.4, 0.5) is 18.0 Å². The van der Waals surface area contributed by atoms with Gasteiger partial charge in [0.15, 0.2) is 0 Å². The van der Waals surface area contributed by atoms with E-state index in [0.717, 1.165) is 25.0 Å². The van der Waals surface area contributed by atoms with E-state index in [1.165, 1.54) is 11.0 Å². The van der Waals surface area contributed by atoms with Crippen molar-refractivity contribution in [3.8, 4) is 0 Å². The number of halogens is 3. The maximum Gasteiger partial charge on any atom is 0.416 e. The van der Waals surface area contributed by atoms with E-state index in [2.05, 4.69) is 10.6 Å². The highest BCUT2D eigenvalue weighted by Crippen LogP contribution is 2.42. The molecule has 0 aromatic heterocycles. The van der Waals surface area contributed by atoms with Crippen molar-refractivity contribution in [2.24, 2.45) is 5.92 Å². The molecule has 1 saturated heterocycles. The highest BCUT2D eigenvalue weighted by molar-refractivity contribution is 5.85. The van der Waals surface area contributed by atoms with Crippen molar-refractivity contribution in [1.29, 1.82) is 0 Å². The summed E-state index contributed by atoms with van der Waals surface area (Å²) >= 11 is 0. The molecule has 0 bridgehead atoms. The molecule has 2 fully saturated rings. The van der Waals surface area contributed by atoms with Gasteiger partial charge in [0.25, 0.3) is 0 Å². The van der Waals surface area contributed by atoms with Crippen LogP contribution in [0.2, 0.25) is 0 Å². The number of amides is 3. The lowest BCUT2D eigenvalue weighted by Crippen LogP contribution is -2.53. The standard InChI is InChI=1S/C16H18F3N3O2/c17-16(18,19)12-3-1-2-11(8-12)14(10-4-5-10)21-15(24)22-7-6-20-13(23)9-22/h1-3,8,10,14H,4-7,9H2,(H,20,23)(H,21,24)/t14-/m1/s1. The van der Waals surface area contributed by atoms with Gasteiger partial charge in [0.05, 0.1) is 11.6 Å². The SMILES string of the molecule is O=C1CN(C(=O)N[C@@H](c2cccc(C(F)(F)F)c2)C2CC2)CCN1. The number of carbonyl (C=O) groups is 2. The summed E-state index contributed by atoms with van der Waals surface area (Å²) < 4.78 is 38.7. The largest absolute Gasteiger partial charge is 0.416 e. The van der Waals surface area contributed by atoms with Gasteiger partial charge in [-0.1, -0.05) is 12.1 Å². The monoisotopic (exact) mass is 341 g/mol. The van der Waals surface area contributed by atoms with Crippen molar-refractivity contribution < 1.29 is 22.8 Å². The molecule has 1 aliphatic carbocycles. The molecule has 24 heavy (non-hydrogen) atoms. The van der Waals surface area contributed by atoms with E-state index in [9.17, 15) is 22.8 Å². The van der Waals surface area contributed by atoms with Gasteiger partial charge in [-0.15, -0.1) is 0 Å². The van der Waals surface area contributed by atoms with Crippen LogP contribution in [-0.4, -0.2) is 36.5 Å². The third-order valence-corrected chi connectivity index (χ3v) is 4.27. The molecule has 5 nitrogen and oxygen atoms in total. The molecule has 1 aromatic rings. The lowest BCUT2D eigenvalue weighted by atomic mass is 10.00. The van der Waals surface area contributed by atoms with Crippen molar-refractivity contribution in [1.82, 2.24) is 15.5 Å². The molecule has 1 aliphatic heterocycles. The Morgan fingerprint density at radius 2 is 2.08 bits per heavy atom.